The van der Waals surface area contributed by atoms with Crippen molar-refractivity contribution in [2.75, 3.05) is 19.8 Å². The minimum absolute atomic E-state index is 0.0574. The van der Waals surface area contributed by atoms with Crippen molar-refractivity contribution in [1.82, 2.24) is 0 Å². The highest BCUT2D eigenvalue weighted by atomic mass is 35.5. The van der Waals surface area contributed by atoms with Gasteiger partial charge in [-0.15, -0.1) is 0 Å². The molecular formula is C10H12ClNO3S. The molecule has 1 aliphatic heterocycles. The summed E-state index contributed by atoms with van der Waals surface area (Å²) in [5, 5.41) is 0.397. The third kappa shape index (κ3) is 1.64. The zero-order valence-electron chi connectivity index (χ0n) is 8.52. The van der Waals surface area contributed by atoms with Crippen molar-refractivity contribution in [3.05, 3.63) is 29.3 Å². The minimum atomic E-state index is -3.47. The van der Waals surface area contributed by atoms with Crippen LogP contribution in [0.2, 0.25) is 5.02 Å². The van der Waals surface area contributed by atoms with Crippen LogP contribution in [0.5, 0.6) is 0 Å². The van der Waals surface area contributed by atoms with Crippen molar-refractivity contribution in [3.8, 4) is 0 Å². The van der Waals surface area contributed by atoms with Gasteiger partial charge in [0.05, 0.1) is 18.1 Å². The van der Waals surface area contributed by atoms with E-state index in [2.05, 4.69) is 0 Å². The predicted molar refractivity (Wildman–Crippen MR) is 61.2 cm³/mol. The highest BCUT2D eigenvalue weighted by molar-refractivity contribution is 7.93. The molecule has 0 amide bonds. The summed E-state index contributed by atoms with van der Waals surface area (Å²) in [7, 11) is -3.47. The molecule has 1 aromatic rings. The maximum Gasteiger partial charge on any atom is 0.189 e. The van der Waals surface area contributed by atoms with Gasteiger partial charge in [0.25, 0.3) is 0 Å². The number of halogens is 1. The van der Waals surface area contributed by atoms with Crippen LogP contribution in [0, 0.1) is 0 Å². The first-order valence-electron chi connectivity index (χ1n) is 4.80. The Morgan fingerprint density at radius 1 is 1.44 bits per heavy atom. The molecule has 16 heavy (non-hydrogen) atoms. The Labute approximate surface area is 99.3 Å². The first-order chi connectivity index (χ1) is 7.52. The number of sulfone groups is 1. The largest absolute Gasteiger partial charge is 0.378 e. The van der Waals surface area contributed by atoms with Crippen molar-refractivity contribution in [2.24, 2.45) is 5.73 Å². The maximum atomic E-state index is 12.3. The lowest BCUT2D eigenvalue weighted by atomic mass is 10.1. The number of benzene rings is 1. The van der Waals surface area contributed by atoms with Crippen LogP contribution >= 0.6 is 11.6 Å². The molecule has 0 aromatic heterocycles. The lowest BCUT2D eigenvalue weighted by molar-refractivity contribution is -0.00924. The number of ether oxygens (including phenoxy) is 1. The zero-order chi connectivity index (χ0) is 11.8. The third-order valence-corrected chi connectivity index (χ3v) is 5.43. The lowest BCUT2D eigenvalue weighted by Crippen LogP contribution is -2.60. The number of nitrogens with two attached hydrogens (primary N) is 1. The van der Waals surface area contributed by atoms with Gasteiger partial charge in [-0.2, -0.15) is 0 Å². The summed E-state index contributed by atoms with van der Waals surface area (Å²) >= 11 is 5.78. The maximum absolute atomic E-state index is 12.3. The molecule has 2 rings (SSSR count). The normalized spacial score (nSPS) is 19.1. The number of rotatable bonds is 3. The molecule has 0 unspecified atom stereocenters. The van der Waals surface area contributed by atoms with Crippen LogP contribution in [0.4, 0.5) is 0 Å². The Morgan fingerprint density at radius 3 is 2.56 bits per heavy atom. The van der Waals surface area contributed by atoms with Crippen LogP contribution in [0.15, 0.2) is 29.2 Å². The SMILES string of the molecule is NCC1(S(=O)(=O)c2cccc(Cl)c2)COC1. The topological polar surface area (TPSA) is 69.4 Å². The van der Waals surface area contributed by atoms with Crippen LogP contribution in [0.3, 0.4) is 0 Å². The zero-order valence-corrected chi connectivity index (χ0v) is 10.1. The summed E-state index contributed by atoms with van der Waals surface area (Å²) in [6.07, 6.45) is 0. The molecular weight excluding hydrogens is 250 g/mol. The first kappa shape index (κ1) is 11.9. The smallest absolute Gasteiger partial charge is 0.189 e. The van der Waals surface area contributed by atoms with E-state index in [9.17, 15) is 8.42 Å². The van der Waals surface area contributed by atoms with E-state index >= 15 is 0 Å². The number of hydrogen-bond acceptors (Lipinski definition) is 4. The molecule has 0 radical (unpaired) electrons. The molecule has 0 bridgehead atoms. The fourth-order valence-corrected chi connectivity index (χ4v) is 3.59. The Bertz CT molecular complexity index is 491. The van der Waals surface area contributed by atoms with Crippen LogP contribution in [0.25, 0.3) is 0 Å². The van der Waals surface area contributed by atoms with E-state index in [-0.39, 0.29) is 24.7 Å². The molecule has 88 valence electrons. The quantitative estimate of drug-likeness (QED) is 0.876. The van der Waals surface area contributed by atoms with Crippen molar-refractivity contribution in [2.45, 2.75) is 9.64 Å². The van der Waals surface area contributed by atoms with Crippen molar-refractivity contribution < 1.29 is 13.2 Å². The van der Waals surface area contributed by atoms with Crippen LogP contribution in [-0.2, 0) is 14.6 Å². The summed E-state index contributed by atoms with van der Waals surface area (Å²) in [6, 6.07) is 6.20. The van der Waals surface area contributed by atoms with Gasteiger partial charge >= 0.3 is 0 Å². The van der Waals surface area contributed by atoms with E-state index in [1.54, 1.807) is 12.1 Å². The molecule has 0 aliphatic carbocycles. The van der Waals surface area contributed by atoms with E-state index in [0.29, 0.717) is 5.02 Å². The highest BCUT2D eigenvalue weighted by Gasteiger charge is 2.50. The van der Waals surface area contributed by atoms with E-state index in [0.717, 1.165) is 0 Å². The van der Waals surface area contributed by atoms with Crippen molar-refractivity contribution >= 4 is 21.4 Å². The Balaban J connectivity index is 2.47. The fourth-order valence-electron chi connectivity index (χ4n) is 1.60. The van der Waals surface area contributed by atoms with E-state index in [1.807, 2.05) is 0 Å². The molecule has 1 aromatic carbocycles. The van der Waals surface area contributed by atoms with Crippen molar-refractivity contribution in [3.63, 3.8) is 0 Å². The molecule has 1 heterocycles. The molecule has 1 aliphatic rings. The monoisotopic (exact) mass is 261 g/mol. The molecule has 6 heteroatoms. The van der Waals surface area contributed by atoms with Crippen LogP contribution < -0.4 is 5.73 Å². The van der Waals surface area contributed by atoms with Gasteiger partial charge in [0, 0.05) is 11.6 Å². The van der Waals surface area contributed by atoms with E-state index < -0.39 is 14.6 Å². The molecule has 1 fully saturated rings. The average molecular weight is 262 g/mol. The van der Waals surface area contributed by atoms with Gasteiger partial charge in [0.15, 0.2) is 9.84 Å². The van der Waals surface area contributed by atoms with Gasteiger partial charge in [0.2, 0.25) is 0 Å². The Kier molecular flexibility index (Phi) is 2.96. The molecule has 0 atom stereocenters. The summed E-state index contributed by atoms with van der Waals surface area (Å²) < 4.78 is 28.6. The van der Waals surface area contributed by atoms with Gasteiger partial charge in [-0.05, 0) is 18.2 Å². The predicted octanol–water partition coefficient (Wildman–Crippen LogP) is 0.841. The summed E-state index contributed by atoms with van der Waals surface area (Å²) in [4.78, 5) is 0.203. The van der Waals surface area contributed by atoms with Gasteiger partial charge in [-0.3, -0.25) is 0 Å². The Morgan fingerprint density at radius 2 is 2.12 bits per heavy atom. The average Bonchev–Trinajstić information content (AvgIpc) is 2.16. The second-order valence-corrected chi connectivity index (χ2v) is 6.62. The Hall–Kier alpha value is -0.620. The fraction of sp³-hybridized carbons (Fsp3) is 0.400. The summed E-state index contributed by atoms with van der Waals surface area (Å²) in [5.41, 5.74) is 5.54. The van der Waals surface area contributed by atoms with Crippen LogP contribution in [-0.4, -0.2) is 32.9 Å². The molecule has 4 nitrogen and oxygen atoms in total. The first-order valence-corrected chi connectivity index (χ1v) is 6.66. The van der Waals surface area contributed by atoms with Crippen molar-refractivity contribution in [1.29, 1.82) is 0 Å². The van der Waals surface area contributed by atoms with Gasteiger partial charge in [-0.25, -0.2) is 8.42 Å². The standard InChI is InChI=1S/C10H12ClNO3S/c11-8-2-1-3-9(4-8)16(13,14)10(5-12)6-15-7-10/h1-4H,5-7,12H2. The summed E-state index contributed by atoms with van der Waals surface area (Å²) in [6.45, 7) is 0.360. The van der Waals surface area contributed by atoms with E-state index in [4.69, 9.17) is 22.1 Å². The molecule has 1 saturated heterocycles. The number of hydrogen-bond donors (Lipinski definition) is 1. The minimum Gasteiger partial charge on any atom is -0.378 e. The second-order valence-electron chi connectivity index (χ2n) is 3.84. The van der Waals surface area contributed by atoms with Gasteiger partial charge in [-0.1, -0.05) is 17.7 Å². The van der Waals surface area contributed by atoms with E-state index in [1.165, 1.54) is 12.1 Å². The van der Waals surface area contributed by atoms with Crippen LogP contribution in [0.1, 0.15) is 0 Å². The summed E-state index contributed by atoms with van der Waals surface area (Å²) in [5.74, 6) is 0. The van der Waals surface area contributed by atoms with Gasteiger partial charge in [0.1, 0.15) is 4.75 Å². The third-order valence-electron chi connectivity index (χ3n) is 2.78. The molecule has 0 saturated carbocycles. The molecule has 2 N–H and O–H groups in total. The highest BCUT2D eigenvalue weighted by Crippen LogP contribution is 2.32. The second kappa shape index (κ2) is 4.00. The lowest BCUT2D eigenvalue weighted by Gasteiger charge is -2.39. The van der Waals surface area contributed by atoms with Gasteiger partial charge < -0.3 is 10.5 Å². The molecule has 0 spiro atoms.